The summed E-state index contributed by atoms with van der Waals surface area (Å²) < 4.78 is 5.78. The Morgan fingerprint density at radius 3 is 2.63 bits per heavy atom. The lowest BCUT2D eigenvalue weighted by Gasteiger charge is -2.15. The number of benzene rings is 2. The van der Waals surface area contributed by atoms with Gasteiger partial charge in [-0.15, -0.1) is 0 Å². The minimum atomic E-state index is -0.460. The van der Waals surface area contributed by atoms with Crippen molar-refractivity contribution in [2.75, 3.05) is 5.01 Å². The summed E-state index contributed by atoms with van der Waals surface area (Å²) in [6.45, 7) is 3.55. The first-order valence-corrected chi connectivity index (χ1v) is 9.45. The predicted octanol–water partition coefficient (Wildman–Crippen LogP) is 5.62. The Morgan fingerprint density at radius 1 is 1.10 bits per heavy atom. The zero-order chi connectivity index (χ0) is 21.4. The summed E-state index contributed by atoms with van der Waals surface area (Å²) in [5.41, 5.74) is 2.58. The molecule has 3 aromatic rings. The molecule has 0 N–H and O–H groups in total. The third kappa shape index (κ3) is 3.40. The first-order chi connectivity index (χ1) is 14.4. The van der Waals surface area contributed by atoms with Gasteiger partial charge in [-0.1, -0.05) is 29.8 Å². The van der Waals surface area contributed by atoms with E-state index < -0.39 is 4.92 Å². The van der Waals surface area contributed by atoms with E-state index in [9.17, 15) is 14.9 Å². The molecule has 0 unspecified atom stereocenters. The van der Waals surface area contributed by atoms with Gasteiger partial charge in [0.05, 0.1) is 27.5 Å². The van der Waals surface area contributed by atoms with Gasteiger partial charge in [0.2, 0.25) is 0 Å². The molecule has 0 spiro atoms. The van der Waals surface area contributed by atoms with E-state index in [1.807, 2.05) is 6.92 Å². The molecule has 0 fully saturated rings. The van der Waals surface area contributed by atoms with Gasteiger partial charge in [-0.2, -0.15) is 10.1 Å². The second-order valence-electron chi connectivity index (χ2n) is 6.72. The Balaban J connectivity index is 1.67. The first kappa shape index (κ1) is 19.6. The first-order valence-electron chi connectivity index (χ1n) is 9.07. The van der Waals surface area contributed by atoms with Crippen molar-refractivity contribution < 1.29 is 14.1 Å². The van der Waals surface area contributed by atoms with Gasteiger partial charge in [0.1, 0.15) is 11.5 Å². The van der Waals surface area contributed by atoms with Crippen molar-refractivity contribution in [3.63, 3.8) is 0 Å². The molecule has 150 valence electrons. The summed E-state index contributed by atoms with van der Waals surface area (Å²) in [5.74, 6) is 0.434. The molecule has 1 aliphatic heterocycles. The van der Waals surface area contributed by atoms with Gasteiger partial charge < -0.3 is 4.42 Å². The van der Waals surface area contributed by atoms with Crippen LogP contribution in [0.5, 0.6) is 0 Å². The van der Waals surface area contributed by atoms with Crippen molar-refractivity contribution in [2.45, 2.75) is 13.8 Å². The number of hydrazone groups is 1. The van der Waals surface area contributed by atoms with E-state index >= 15 is 0 Å². The molecule has 0 saturated carbocycles. The summed E-state index contributed by atoms with van der Waals surface area (Å²) in [4.78, 5) is 23.8. The van der Waals surface area contributed by atoms with E-state index in [1.165, 1.54) is 11.1 Å². The third-order valence-corrected chi connectivity index (χ3v) is 5.22. The van der Waals surface area contributed by atoms with Crippen molar-refractivity contribution in [2.24, 2.45) is 5.10 Å². The van der Waals surface area contributed by atoms with Crippen molar-refractivity contribution in [1.82, 2.24) is 0 Å². The van der Waals surface area contributed by atoms with Crippen LogP contribution in [0.1, 0.15) is 18.2 Å². The Labute approximate surface area is 177 Å². The van der Waals surface area contributed by atoms with Crippen LogP contribution in [0, 0.1) is 17.0 Å². The number of carbonyl (C=O) groups excluding carboxylic acids is 1. The number of amides is 1. The second-order valence-corrected chi connectivity index (χ2v) is 7.13. The number of para-hydroxylation sites is 1. The topological polar surface area (TPSA) is 89.0 Å². The molecule has 0 radical (unpaired) electrons. The molecule has 4 rings (SSSR count). The zero-order valence-electron chi connectivity index (χ0n) is 16.1. The Hall–Kier alpha value is -3.71. The highest BCUT2D eigenvalue weighted by molar-refractivity contribution is 6.34. The maximum absolute atomic E-state index is 13.0. The van der Waals surface area contributed by atoms with Gasteiger partial charge in [-0.05, 0) is 55.8 Å². The fourth-order valence-corrected chi connectivity index (χ4v) is 3.40. The summed E-state index contributed by atoms with van der Waals surface area (Å²) in [6.07, 6.45) is 1.58. The largest absolute Gasteiger partial charge is 0.456 e. The van der Waals surface area contributed by atoms with Crippen LogP contribution in [0.4, 0.5) is 11.4 Å². The third-order valence-electron chi connectivity index (χ3n) is 4.81. The number of furan rings is 1. The summed E-state index contributed by atoms with van der Waals surface area (Å²) in [5, 5.41) is 17.5. The van der Waals surface area contributed by atoms with Gasteiger partial charge >= 0.3 is 0 Å². The second kappa shape index (κ2) is 7.61. The highest BCUT2D eigenvalue weighted by Crippen LogP contribution is 2.33. The van der Waals surface area contributed by atoms with Crippen LogP contribution >= 0.6 is 11.6 Å². The highest BCUT2D eigenvalue weighted by Gasteiger charge is 2.30. The molecule has 0 bridgehead atoms. The molecule has 0 saturated heterocycles. The van der Waals surface area contributed by atoms with E-state index in [1.54, 1.807) is 61.5 Å². The van der Waals surface area contributed by atoms with Gasteiger partial charge in [0, 0.05) is 11.1 Å². The van der Waals surface area contributed by atoms with E-state index in [2.05, 4.69) is 5.10 Å². The zero-order valence-corrected chi connectivity index (χ0v) is 16.9. The standard InChI is InChI=1S/C22H16ClN3O4/c1-13-18(23)7-5-9-19(13)25-22(27)17(14(2)24-25)12-15-10-11-21(30-15)16-6-3-4-8-20(16)26(28)29/h3-12H,1-2H3. The molecule has 8 heteroatoms. The molecule has 7 nitrogen and oxygen atoms in total. The molecular weight excluding hydrogens is 406 g/mol. The SMILES string of the molecule is CC1=NN(c2cccc(Cl)c2C)C(=O)C1=Cc1ccc(-c2ccccc2[N+](=O)[O-])o1. The molecule has 1 amide bonds. The normalized spacial score (nSPS) is 15.0. The molecule has 2 aromatic carbocycles. The van der Waals surface area contributed by atoms with E-state index in [-0.39, 0.29) is 11.6 Å². The number of rotatable bonds is 4. The average Bonchev–Trinajstić information content (AvgIpc) is 3.30. The maximum Gasteiger partial charge on any atom is 0.280 e. The van der Waals surface area contributed by atoms with Crippen LogP contribution in [0.2, 0.25) is 5.02 Å². The van der Waals surface area contributed by atoms with Gasteiger partial charge in [0.15, 0.2) is 0 Å². The number of nitro benzene ring substituents is 1. The summed E-state index contributed by atoms with van der Waals surface area (Å²) in [6, 6.07) is 14.9. The Kier molecular flexibility index (Phi) is 4.97. The van der Waals surface area contributed by atoms with Gasteiger partial charge in [0.25, 0.3) is 11.6 Å². The summed E-state index contributed by atoms with van der Waals surface area (Å²) in [7, 11) is 0. The average molecular weight is 422 g/mol. The minimum absolute atomic E-state index is 0.0525. The lowest BCUT2D eigenvalue weighted by Crippen LogP contribution is -2.22. The molecule has 0 atom stereocenters. The van der Waals surface area contributed by atoms with Crippen molar-refractivity contribution >= 4 is 40.7 Å². The molecule has 1 aromatic heterocycles. The quantitative estimate of drug-likeness (QED) is 0.310. The fourth-order valence-electron chi connectivity index (χ4n) is 3.23. The minimum Gasteiger partial charge on any atom is -0.456 e. The molecule has 30 heavy (non-hydrogen) atoms. The van der Waals surface area contributed by atoms with Crippen LogP contribution in [0.25, 0.3) is 17.4 Å². The number of hydrogen-bond acceptors (Lipinski definition) is 5. The molecule has 0 aliphatic carbocycles. The van der Waals surface area contributed by atoms with Crippen LogP contribution in [0.15, 0.2) is 69.7 Å². The lowest BCUT2D eigenvalue weighted by atomic mass is 10.1. The number of nitro groups is 1. The van der Waals surface area contributed by atoms with E-state index in [0.717, 1.165) is 5.56 Å². The van der Waals surface area contributed by atoms with E-state index in [0.29, 0.717) is 39.1 Å². The number of hydrogen-bond donors (Lipinski definition) is 0. The lowest BCUT2D eigenvalue weighted by molar-refractivity contribution is -0.384. The van der Waals surface area contributed by atoms with Crippen LogP contribution < -0.4 is 5.01 Å². The number of nitrogens with zero attached hydrogens (tertiary/aromatic N) is 3. The maximum atomic E-state index is 13.0. The molecule has 2 heterocycles. The Morgan fingerprint density at radius 2 is 1.87 bits per heavy atom. The number of halogens is 1. The van der Waals surface area contributed by atoms with Crippen molar-refractivity contribution in [1.29, 1.82) is 0 Å². The monoisotopic (exact) mass is 421 g/mol. The van der Waals surface area contributed by atoms with Gasteiger partial charge in [-0.3, -0.25) is 14.9 Å². The van der Waals surface area contributed by atoms with Crippen LogP contribution in [-0.2, 0) is 4.79 Å². The predicted molar refractivity (Wildman–Crippen MR) is 116 cm³/mol. The molecular formula is C22H16ClN3O4. The smallest absolute Gasteiger partial charge is 0.280 e. The van der Waals surface area contributed by atoms with E-state index in [4.69, 9.17) is 16.0 Å². The molecule has 1 aliphatic rings. The summed E-state index contributed by atoms with van der Waals surface area (Å²) >= 11 is 6.17. The van der Waals surface area contributed by atoms with Crippen LogP contribution in [0.3, 0.4) is 0 Å². The number of carbonyl (C=O) groups is 1. The van der Waals surface area contributed by atoms with Crippen LogP contribution in [-0.4, -0.2) is 16.5 Å². The fraction of sp³-hybridized carbons (Fsp3) is 0.0909. The highest BCUT2D eigenvalue weighted by atomic mass is 35.5. The van der Waals surface area contributed by atoms with Crippen molar-refractivity contribution in [3.05, 3.63) is 86.6 Å². The number of anilines is 1. The van der Waals surface area contributed by atoms with Crippen molar-refractivity contribution in [3.8, 4) is 11.3 Å². The van der Waals surface area contributed by atoms with Gasteiger partial charge in [-0.25, -0.2) is 0 Å². The Bertz CT molecular complexity index is 1240.